The molecule has 0 saturated carbocycles. The number of ether oxygens (including phenoxy) is 1. The second kappa shape index (κ2) is 9.78. The summed E-state index contributed by atoms with van der Waals surface area (Å²) in [4.78, 5) is 22.9. The summed E-state index contributed by atoms with van der Waals surface area (Å²) in [6, 6.07) is 16.1. The zero-order valence-corrected chi connectivity index (χ0v) is 14.9. The van der Waals surface area contributed by atoms with Crippen molar-refractivity contribution >= 4 is 23.6 Å². The first kappa shape index (κ1) is 19.7. The highest BCUT2D eigenvalue weighted by Gasteiger charge is 2.10. The number of benzene rings is 2. The zero-order valence-electron chi connectivity index (χ0n) is 14.9. The molecule has 2 N–H and O–H groups in total. The Balaban J connectivity index is 2.08. The lowest BCUT2D eigenvalue weighted by Crippen LogP contribution is -2.13. The number of amides is 1. The molecule has 2 aromatic rings. The van der Waals surface area contributed by atoms with Crippen molar-refractivity contribution in [2.45, 2.75) is 19.8 Å². The molecule has 0 aliphatic rings. The zero-order chi connectivity index (χ0) is 19.6. The molecule has 0 atom stereocenters. The van der Waals surface area contributed by atoms with E-state index < -0.39 is 11.9 Å². The van der Waals surface area contributed by atoms with Gasteiger partial charge in [0, 0.05) is 5.69 Å². The van der Waals surface area contributed by atoms with Crippen molar-refractivity contribution in [2.24, 2.45) is 0 Å². The quantitative estimate of drug-likeness (QED) is 0.550. The van der Waals surface area contributed by atoms with Crippen LogP contribution in [0.5, 0.6) is 5.75 Å². The maximum atomic E-state index is 12.3. The number of aliphatic carboxylic acids is 1. The summed E-state index contributed by atoms with van der Waals surface area (Å²) >= 11 is 0. The van der Waals surface area contributed by atoms with E-state index in [1.165, 1.54) is 6.08 Å². The normalized spacial score (nSPS) is 10.7. The first-order valence-corrected chi connectivity index (χ1v) is 8.48. The number of aryl methyl sites for hydroxylation is 1. The Kier molecular flexibility index (Phi) is 7.15. The van der Waals surface area contributed by atoms with Crippen molar-refractivity contribution in [1.29, 1.82) is 5.26 Å². The fourth-order valence-electron chi connectivity index (χ4n) is 2.29. The summed E-state index contributed by atoms with van der Waals surface area (Å²) in [5.74, 6) is -0.974. The highest BCUT2D eigenvalue weighted by Crippen LogP contribution is 2.17. The molecule has 0 bridgehead atoms. The molecule has 0 aliphatic heterocycles. The largest absolute Gasteiger partial charge is 0.493 e. The Morgan fingerprint density at radius 2 is 1.96 bits per heavy atom. The van der Waals surface area contributed by atoms with Gasteiger partial charge < -0.3 is 15.2 Å². The number of rotatable bonds is 8. The predicted molar refractivity (Wildman–Crippen MR) is 102 cm³/mol. The first-order valence-electron chi connectivity index (χ1n) is 8.48. The van der Waals surface area contributed by atoms with Crippen LogP contribution in [0.2, 0.25) is 0 Å². The number of nitriles is 1. The predicted octanol–water partition coefficient (Wildman–Crippen LogP) is 3.65. The Morgan fingerprint density at radius 3 is 2.59 bits per heavy atom. The van der Waals surface area contributed by atoms with Crippen molar-refractivity contribution < 1.29 is 19.4 Å². The molecule has 0 heterocycles. The number of carboxylic acid groups (broad SMARTS) is 1. The van der Waals surface area contributed by atoms with E-state index in [0.717, 1.165) is 12.0 Å². The second-order valence-electron chi connectivity index (χ2n) is 5.74. The summed E-state index contributed by atoms with van der Waals surface area (Å²) in [6.45, 7) is 2.09. The Bertz CT molecular complexity index is 880. The molecule has 0 aliphatic carbocycles. The lowest BCUT2D eigenvalue weighted by atomic mass is 10.1. The fraction of sp³-hybridized carbons (Fsp3) is 0.190. The standard InChI is InChI=1S/C21H20N2O4/c1-2-15-6-8-18(9-7-15)23-21(26)17(14-22)12-16-4-3-5-19(13-16)27-11-10-20(24)25/h3-9,12-13H,2,10-11H2,1H3,(H,23,26)(H,24,25)/b17-12-. The van der Waals surface area contributed by atoms with Gasteiger partial charge in [-0.15, -0.1) is 0 Å². The molecular weight excluding hydrogens is 344 g/mol. The third-order valence-electron chi connectivity index (χ3n) is 3.74. The molecule has 0 saturated heterocycles. The molecular formula is C21H20N2O4. The number of carboxylic acids is 1. The molecule has 0 fully saturated rings. The van der Waals surface area contributed by atoms with Crippen LogP contribution in [0.4, 0.5) is 5.69 Å². The highest BCUT2D eigenvalue weighted by molar-refractivity contribution is 6.09. The van der Waals surface area contributed by atoms with Gasteiger partial charge in [0.2, 0.25) is 0 Å². The van der Waals surface area contributed by atoms with Gasteiger partial charge in [-0.1, -0.05) is 31.2 Å². The molecule has 6 heteroatoms. The fourth-order valence-corrected chi connectivity index (χ4v) is 2.29. The average Bonchev–Trinajstić information content (AvgIpc) is 2.66. The molecule has 0 radical (unpaired) electrons. The number of anilines is 1. The van der Waals surface area contributed by atoms with E-state index in [1.807, 2.05) is 25.1 Å². The van der Waals surface area contributed by atoms with Crippen LogP contribution in [0, 0.1) is 11.3 Å². The third-order valence-corrected chi connectivity index (χ3v) is 3.74. The van der Waals surface area contributed by atoms with Gasteiger partial charge >= 0.3 is 5.97 Å². The minimum Gasteiger partial charge on any atom is -0.493 e. The van der Waals surface area contributed by atoms with Crippen molar-refractivity contribution in [1.82, 2.24) is 0 Å². The van der Waals surface area contributed by atoms with Crippen molar-refractivity contribution in [3.8, 4) is 11.8 Å². The van der Waals surface area contributed by atoms with Crippen LogP contribution in [-0.4, -0.2) is 23.6 Å². The van der Waals surface area contributed by atoms with Crippen LogP contribution < -0.4 is 10.1 Å². The molecule has 138 valence electrons. The van der Waals surface area contributed by atoms with E-state index in [0.29, 0.717) is 17.0 Å². The van der Waals surface area contributed by atoms with Gasteiger partial charge in [0.25, 0.3) is 5.91 Å². The lowest BCUT2D eigenvalue weighted by molar-refractivity contribution is -0.137. The first-order chi connectivity index (χ1) is 13.0. The maximum absolute atomic E-state index is 12.3. The van der Waals surface area contributed by atoms with Gasteiger partial charge in [-0.25, -0.2) is 0 Å². The summed E-state index contributed by atoms with van der Waals surface area (Å²) in [7, 11) is 0. The molecule has 1 amide bonds. The summed E-state index contributed by atoms with van der Waals surface area (Å²) in [5.41, 5.74) is 2.33. The van der Waals surface area contributed by atoms with Crippen LogP contribution in [0.15, 0.2) is 54.1 Å². The summed E-state index contributed by atoms with van der Waals surface area (Å²) < 4.78 is 5.36. The topological polar surface area (TPSA) is 99.4 Å². The molecule has 0 aromatic heterocycles. The van der Waals surface area contributed by atoms with Crippen LogP contribution in [0.25, 0.3) is 6.08 Å². The average molecular weight is 364 g/mol. The van der Waals surface area contributed by atoms with E-state index in [-0.39, 0.29) is 18.6 Å². The Morgan fingerprint density at radius 1 is 1.22 bits per heavy atom. The van der Waals surface area contributed by atoms with Gasteiger partial charge in [0.05, 0.1) is 13.0 Å². The highest BCUT2D eigenvalue weighted by atomic mass is 16.5. The number of hydrogen-bond donors (Lipinski definition) is 2. The number of carbonyl (C=O) groups is 2. The minimum absolute atomic E-state index is 0.0435. The Hall–Kier alpha value is -3.59. The Labute approximate surface area is 157 Å². The SMILES string of the molecule is CCc1ccc(NC(=O)/C(C#N)=C\c2cccc(OCCC(=O)O)c2)cc1. The van der Waals surface area contributed by atoms with E-state index >= 15 is 0 Å². The number of carbonyl (C=O) groups excluding carboxylic acids is 1. The number of hydrogen-bond acceptors (Lipinski definition) is 4. The molecule has 0 spiro atoms. The van der Waals surface area contributed by atoms with Gasteiger partial charge in [-0.3, -0.25) is 9.59 Å². The molecule has 0 unspecified atom stereocenters. The third kappa shape index (κ3) is 6.33. The summed E-state index contributed by atoms with van der Waals surface area (Å²) in [5, 5.41) is 20.7. The second-order valence-corrected chi connectivity index (χ2v) is 5.74. The minimum atomic E-state index is -0.943. The van der Waals surface area contributed by atoms with Crippen LogP contribution in [0.1, 0.15) is 24.5 Å². The monoisotopic (exact) mass is 364 g/mol. The number of nitrogens with zero attached hydrogens (tertiary/aromatic N) is 1. The molecule has 2 rings (SSSR count). The van der Waals surface area contributed by atoms with E-state index in [2.05, 4.69) is 5.32 Å². The summed E-state index contributed by atoms with van der Waals surface area (Å²) in [6.07, 6.45) is 2.25. The molecule has 2 aromatic carbocycles. The van der Waals surface area contributed by atoms with Crippen molar-refractivity contribution in [3.63, 3.8) is 0 Å². The van der Waals surface area contributed by atoms with Crippen LogP contribution >= 0.6 is 0 Å². The van der Waals surface area contributed by atoms with Crippen LogP contribution in [-0.2, 0) is 16.0 Å². The molecule has 6 nitrogen and oxygen atoms in total. The maximum Gasteiger partial charge on any atom is 0.306 e. The van der Waals surface area contributed by atoms with Crippen molar-refractivity contribution in [2.75, 3.05) is 11.9 Å². The van der Waals surface area contributed by atoms with E-state index in [9.17, 15) is 14.9 Å². The van der Waals surface area contributed by atoms with Gasteiger partial charge in [-0.05, 0) is 47.9 Å². The number of nitrogens with one attached hydrogen (secondary N) is 1. The van der Waals surface area contributed by atoms with Gasteiger partial charge in [0.15, 0.2) is 0 Å². The van der Waals surface area contributed by atoms with Crippen LogP contribution in [0.3, 0.4) is 0 Å². The molecule has 27 heavy (non-hydrogen) atoms. The van der Waals surface area contributed by atoms with Gasteiger partial charge in [0.1, 0.15) is 17.4 Å². The lowest BCUT2D eigenvalue weighted by Gasteiger charge is -2.07. The van der Waals surface area contributed by atoms with Crippen molar-refractivity contribution in [3.05, 3.63) is 65.2 Å². The van der Waals surface area contributed by atoms with Gasteiger partial charge in [-0.2, -0.15) is 5.26 Å². The van der Waals surface area contributed by atoms with E-state index in [4.69, 9.17) is 9.84 Å². The smallest absolute Gasteiger partial charge is 0.306 e. The van der Waals surface area contributed by atoms with E-state index in [1.54, 1.807) is 36.4 Å².